The second kappa shape index (κ2) is 3.56. The molecule has 1 aliphatic heterocycles. The minimum absolute atomic E-state index is 0.528. The van der Waals surface area contributed by atoms with Gasteiger partial charge in [0.05, 0.1) is 13.3 Å². The minimum Gasteiger partial charge on any atom is -0.384 e. The first-order valence-electron chi connectivity index (χ1n) is 5.14. The third kappa shape index (κ3) is 2.22. The lowest BCUT2D eigenvalue weighted by atomic mass is 10.1. The van der Waals surface area contributed by atoms with Crippen LogP contribution in [0.25, 0.3) is 0 Å². The zero-order valence-electron chi connectivity index (χ0n) is 8.75. The zero-order chi connectivity index (χ0) is 9.31. The van der Waals surface area contributed by atoms with Crippen molar-refractivity contribution in [2.24, 2.45) is 5.41 Å². The number of hydrogen-bond acceptors (Lipinski definition) is 3. The maximum Gasteiger partial charge on any atom is 0.0530 e. The van der Waals surface area contributed by atoms with E-state index in [0.717, 1.165) is 13.3 Å². The van der Waals surface area contributed by atoms with E-state index in [9.17, 15) is 0 Å². The third-order valence-electron chi connectivity index (χ3n) is 3.21. The quantitative estimate of drug-likeness (QED) is 0.637. The molecule has 0 unspecified atom stereocenters. The molecule has 2 aliphatic rings. The maximum atomic E-state index is 5.27. The van der Waals surface area contributed by atoms with Crippen LogP contribution in [0.4, 0.5) is 0 Å². The van der Waals surface area contributed by atoms with E-state index in [2.05, 4.69) is 16.8 Å². The van der Waals surface area contributed by atoms with Crippen LogP contribution in [0.5, 0.6) is 0 Å². The summed E-state index contributed by atoms with van der Waals surface area (Å²) in [5.74, 6) is 0. The molecule has 2 rings (SSSR count). The van der Waals surface area contributed by atoms with Crippen molar-refractivity contribution in [3.8, 4) is 0 Å². The van der Waals surface area contributed by atoms with Crippen molar-refractivity contribution in [3.63, 3.8) is 0 Å². The largest absolute Gasteiger partial charge is 0.384 e. The molecule has 3 heteroatoms. The van der Waals surface area contributed by atoms with Gasteiger partial charge in [-0.15, -0.1) is 0 Å². The molecule has 1 saturated carbocycles. The van der Waals surface area contributed by atoms with Gasteiger partial charge in [-0.3, -0.25) is 9.80 Å². The molecule has 1 heterocycles. The highest BCUT2D eigenvalue weighted by Crippen LogP contribution is 2.46. The van der Waals surface area contributed by atoms with Crippen LogP contribution in [-0.2, 0) is 4.74 Å². The summed E-state index contributed by atoms with van der Waals surface area (Å²) >= 11 is 0. The Morgan fingerprint density at radius 3 is 2.54 bits per heavy atom. The Kier molecular flexibility index (Phi) is 2.58. The first-order chi connectivity index (χ1) is 6.24. The van der Waals surface area contributed by atoms with E-state index in [1.807, 2.05) is 7.11 Å². The molecule has 0 N–H and O–H groups in total. The first kappa shape index (κ1) is 9.44. The summed E-state index contributed by atoms with van der Waals surface area (Å²) in [5, 5.41) is 0. The normalized spacial score (nSPS) is 28.2. The molecule has 0 radical (unpaired) electrons. The SMILES string of the molecule is COCC1(CN2CCN(C)C2)CC1. The fourth-order valence-corrected chi connectivity index (χ4v) is 2.23. The molecule has 0 atom stereocenters. The van der Waals surface area contributed by atoms with Gasteiger partial charge >= 0.3 is 0 Å². The first-order valence-corrected chi connectivity index (χ1v) is 5.14. The average molecular weight is 184 g/mol. The molecule has 2 fully saturated rings. The van der Waals surface area contributed by atoms with E-state index in [1.165, 1.54) is 32.5 Å². The molecule has 1 saturated heterocycles. The van der Waals surface area contributed by atoms with Gasteiger partial charge < -0.3 is 4.74 Å². The standard InChI is InChI=1S/C10H20N2O/c1-11-5-6-12(9-11)7-10(3-4-10)8-13-2/h3-9H2,1-2H3. The van der Waals surface area contributed by atoms with Crippen LogP contribution in [0.15, 0.2) is 0 Å². The lowest BCUT2D eigenvalue weighted by Crippen LogP contribution is -2.31. The Labute approximate surface area is 80.6 Å². The molecule has 0 bridgehead atoms. The Balaban J connectivity index is 1.77. The van der Waals surface area contributed by atoms with Crippen LogP contribution >= 0.6 is 0 Å². The van der Waals surface area contributed by atoms with Gasteiger partial charge in [0.1, 0.15) is 0 Å². The number of likely N-dealkylation sites (N-methyl/N-ethyl adjacent to an activating group) is 1. The monoisotopic (exact) mass is 184 g/mol. The topological polar surface area (TPSA) is 15.7 Å². The highest BCUT2D eigenvalue weighted by atomic mass is 16.5. The number of rotatable bonds is 4. The molecule has 0 aromatic carbocycles. The molecule has 0 aromatic rings. The van der Waals surface area contributed by atoms with Gasteiger partial charge in [-0.25, -0.2) is 0 Å². The summed E-state index contributed by atoms with van der Waals surface area (Å²) in [6.45, 7) is 5.80. The zero-order valence-corrected chi connectivity index (χ0v) is 8.75. The van der Waals surface area contributed by atoms with Crippen molar-refractivity contribution in [1.29, 1.82) is 0 Å². The van der Waals surface area contributed by atoms with Crippen LogP contribution in [0.3, 0.4) is 0 Å². The van der Waals surface area contributed by atoms with Gasteiger partial charge in [0, 0.05) is 32.2 Å². The molecule has 0 amide bonds. The molecule has 13 heavy (non-hydrogen) atoms. The summed E-state index contributed by atoms with van der Waals surface area (Å²) in [6, 6.07) is 0. The highest BCUT2D eigenvalue weighted by Gasteiger charge is 2.44. The van der Waals surface area contributed by atoms with Crippen molar-refractivity contribution in [2.75, 3.05) is 47.1 Å². The summed E-state index contributed by atoms with van der Waals surface area (Å²) in [7, 11) is 4.01. The van der Waals surface area contributed by atoms with Crippen LogP contribution in [0.2, 0.25) is 0 Å². The van der Waals surface area contributed by atoms with Crippen molar-refractivity contribution in [2.45, 2.75) is 12.8 Å². The van der Waals surface area contributed by atoms with E-state index < -0.39 is 0 Å². The highest BCUT2D eigenvalue weighted by molar-refractivity contribution is 4.96. The van der Waals surface area contributed by atoms with E-state index in [-0.39, 0.29) is 0 Å². The van der Waals surface area contributed by atoms with Gasteiger partial charge in [0.25, 0.3) is 0 Å². The molecule has 1 aliphatic carbocycles. The maximum absolute atomic E-state index is 5.27. The summed E-state index contributed by atoms with van der Waals surface area (Å²) in [6.07, 6.45) is 2.72. The Morgan fingerprint density at radius 1 is 1.31 bits per heavy atom. The van der Waals surface area contributed by atoms with E-state index >= 15 is 0 Å². The van der Waals surface area contributed by atoms with Gasteiger partial charge in [-0.05, 0) is 19.9 Å². The van der Waals surface area contributed by atoms with Gasteiger partial charge in [-0.1, -0.05) is 0 Å². The van der Waals surface area contributed by atoms with Crippen LogP contribution in [0.1, 0.15) is 12.8 Å². The average Bonchev–Trinajstić information content (AvgIpc) is 2.70. The van der Waals surface area contributed by atoms with Crippen molar-refractivity contribution < 1.29 is 4.74 Å². The molecular weight excluding hydrogens is 164 g/mol. The van der Waals surface area contributed by atoms with Gasteiger partial charge in [-0.2, -0.15) is 0 Å². The predicted molar refractivity (Wildman–Crippen MR) is 52.6 cm³/mol. The van der Waals surface area contributed by atoms with Gasteiger partial charge in [0.15, 0.2) is 0 Å². The second-order valence-electron chi connectivity index (χ2n) is 4.71. The molecule has 0 aromatic heterocycles. The van der Waals surface area contributed by atoms with E-state index in [4.69, 9.17) is 4.74 Å². The summed E-state index contributed by atoms with van der Waals surface area (Å²) in [4.78, 5) is 4.93. The third-order valence-corrected chi connectivity index (χ3v) is 3.21. The summed E-state index contributed by atoms with van der Waals surface area (Å²) < 4.78 is 5.27. The van der Waals surface area contributed by atoms with Crippen LogP contribution in [-0.4, -0.2) is 56.9 Å². The Bertz CT molecular complexity index is 180. The van der Waals surface area contributed by atoms with Crippen LogP contribution in [0, 0.1) is 5.41 Å². The molecule has 3 nitrogen and oxygen atoms in total. The van der Waals surface area contributed by atoms with E-state index in [1.54, 1.807) is 0 Å². The minimum atomic E-state index is 0.528. The lowest BCUT2D eigenvalue weighted by molar-refractivity contribution is 0.111. The van der Waals surface area contributed by atoms with Gasteiger partial charge in [0.2, 0.25) is 0 Å². The molecular formula is C10H20N2O. The van der Waals surface area contributed by atoms with E-state index in [0.29, 0.717) is 5.41 Å². The summed E-state index contributed by atoms with van der Waals surface area (Å²) in [5.41, 5.74) is 0.528. The Morgan fingerprint density at radius 2 is 2.08 bits per heavy atom. The second-order valence-corrected chi connectivity index (χ2v) is 4.71. The predicted octanol–water partition coefficient (Wildman–Crippen LogP) is 0.618. The Hall–Kier alpha value is -0.120. The number of nitrogens with zero attached hydrogens (tertiary/aromatic N) is 2. The van der Waals surface area contributed by atoms with Crippen molar-refractivity contribution in [1.82, 2.24) is 9.80 Å². The van der Waals surface area contributed by atoms with Crippen molar-refractivity contribution in [3.05, 3.63) is 0 Å². The fourth-order valence-electron chi connectivity index (χ4n) is 2.23. The number of methoxy groups -OCH3 is 1. The van der Waals surface area contributed by atoms with Crippen LogP contribution < -0.4 is 0 Å². The molecule has 76 valence electrons. The lowest BCUT2D eigenvalue weighted by Gasteiger charge is -2.22. The molecule has 0 spiro atoms. The smallest absolute Gasteiger partial charge is 0.0530 e. The fraction of sp³-hybridized carbons (Fsp3) is 1.00. The number of hydrogen-bond donors (Lipinski definition) is 0. The van der Waals surface area contributed by atoms with Crippen molar-refractivity contribution >= 4 is 0 Å². The number of ether oxygens (including phenoxy) is 1.